The fourth-order valence-electron chi connectivity index (χ4n) is 4.25. The molecule has 32 heavy (non-hydrogen) atoms. The van der Waals surface area contributed by atoms with Gasteiger partial charge in [-0.2, -0.15) is 13.2 Å². The summed E-state index contributed by atoms with van der Waals surface area (Å²) in [5, 5.41) is 0.288. The Morgan fingerprint density at radius 1 is 1.12 bits per heavy atom. The van der Waals surface area contributed by atoms with Gasteiger partial charge in [0.25, 0.3) is 0 Å². The molecule has 172 valence electrons. The number of halogens is 4. The predicted octanol–water partition coefficient (Wildman–Crippen LogP) is 7.69. The number of carbonyl (C=O) groups is 1. The van der Waals surface area contributed by atoms with E-state index in [2.05, 4.69) is 0 Å². The summed E-state index contributed by atoms with van der Waals surface area (Å²) >= 11 is 6.58. The lowest BCUT2D eigenvalue weighted by Crippen LogP contribution is -2.31. The van der Waals surface area contributed by atoms with Gasteiger partial charge in [0.15, 0.2) is 0 Å². The number of benzene rings is 2. The number of hydrogen-bond acceptors (Lipinski definition) is 3. The van der Waals surface area contributed by atoms with Crippen LogP contribution in [0.3, 0.4) is 0 Å². The van der Waals surface area contributed by atoms with Crippen molar-refractivity contribution in [3.8, 4) is 22.6 Å². The van der Waals surface area contributed by atoms with Gasteiger partial charge in [-0.3, -0.25) is 4.79 Å². The summed E-state index contributed by atoms with van der Waals surface area (Å²) in [5.41, 5.74) is -0.267. The van der Waals surface area contributed by atoms with Gasteiger partial charge in [-0.05, 0) is 61.8 Å². The number of carbonyl (C=O) groups excluding carboxylic acids is 1. The molecule has 0 heterocycles. The van der Waals surface area contributed by atoms with E-state index < -0.39 is 17.2 Å². The quantitative estimate of drug-likeness (QED) is 0.310. The maximum atomic E-state index is 13.0. The van der Waals surface area contributed by atoms with Crippen LogP contribution < -0.4 is 9.47 Å². The molecular weight excluding hydrogens is 441 g/mol. The zero-order valence-electron chi connectivity index (χ0n) is 17.9. The monoisotopic (exact) mass is 466 g/mol. The largest absolute Gasteiger partial charge is 0.492 e. The molecule has 0 spiro atoms. The normalized spacial score (nSPS) is 17.9. The van der Waals surface area contributed by atoms with Crippen LogP contribution >= 0.6 is 11.6 Å². The standard InChI is InChI=1S/C25H26ClF3O3/c1-2-24(11-3-4-12-24)23(30)32-19-13-20(17-7-9-18(10-8-17)25(27,28)29)22(26)21(14-19)31-15-16-5-6-16/h7-10,13-14,16H,2-6,11-12,15H2,1H3. The first-order valence-electron chi connectivity index (χ1n) is 11.1. The first-order valence-corrected chi connectivity index (χ1v) is 11.5. The molecule has 0 aliphatic heterocycles. The SMILES string of the molecule is CCC1(C(=O)Oc2cc(OCC3CC3)c(Cl)c(-c3ccc(C(F)(F)F)cc3)c2)CCCC1. The van der Waals surface area contributed by atoms with Gasteiger partial charge in [0, 0.05) is 11.6 Å². The molecule has 2 fully saturated rings. The van der Waals surface area contributed by atoms with Gasteiger partial charge in [0.1, 0.15) is 11.5 Å². The minimum Gasteiger partial charge on any atom is -0.492 e. The second-order valence-electron chi connectivity index (χ2n) is 8.84. The summed E-state index contributed by atoms with van der Waals surface area (Å²) in [5.74, 6) is 0.871. The summed E-state index contributed by atoms with van der Waals surface area (Å²) in [6.07, 6.45) is 2.06. The van der Waals surface area contributed by atoms with E-state index in [4.69, 9.17) is 21.1 Å². The highest BCUT2D eigenvalue weighted by molar-refractivity contribution is 6.35. The Bertz CT molecular complexity index is 975. The van der Waals surface area contributed by atoms with Gasteiger partial charge in [-0.15, -0.1) is 0 Å². The lowest BCUT2D eigenvalue weighted by molar-refractivity contribution is -0.145. The van der Waals surface area contributed by atoms with Gasteiger partial charge in [0.05, 0.1) is 22.6 Å². The van der Waals surface area contributed by atoms with Gasteiger partial charge in [0.2, 0.25) is 0 Å². The Kier molecular flexibility index (Phi) is 6.44. The van der Waals surface area contributed by atoms with E-state index in [9.17, 15) is 18.0 Å². The first kappa shape index (κ1) is 23.0. The summed E-state index contributed by atoms with van der Waals surface area (Å²) in [4.78, 5) is 13.0. The van der Waals surface area contributed by atoms with E-state index in [1.165, 1.54) is 12.1 Å². The van der Waals surface area contributed by atoms with Crippen molar-refractivity contribution in [2.45, 2.75) is 58.0 Å². The zero-order chi connectivity index (χ0) is 22.9. The minimum atomic E-state index is -4.42. The summed E-state index contributed by atoms with van der Waals surface area (Å²) in [7, 11) is 0. The van der Waals surface area contributed by atoms with Gasteiger partial charge in [-0.1, -0.05) is 43.5 Å². The van der Waals surface area contributed by atoms with Crippen LogP contribution in [0.4, 0.5) is 13.2 Å². The first-order chi connectivity index (χ1) is 15.2. The second kappa shape index (κ2) is 8.97. The smallest absolute Gasteiger partial charge is 0.416 e. The number of ether oxygens (including phenoxy) is 2. The molecule has 2 aliphatic carbocycles. The molecule has 0 bridgehead atoms. The van der Waals surface area contributed by atoms with E-state index in [1.54, 1.807) is 12.1 Å². The van der Waals surface area contributed by atoms with Crippen molar-refractivity contribution >= 4 is 17.6 Å². The summed E-state index contributed by atoms with van der Waals surface area (Å²) in [6, 6.07) is 7.97. The van der Waals surface area contributed by atoms with Crippen molar-refractivity contribution in [2.75, 3.05) is 6.61 Å². The lowest BCUT2D eigenvalue weighted by atomic mass is 9.83. The third-order valence-electron chi connectivity index (χ3n) is 6.59. The van der Waals surface area contributed by atoms with Crippen LogP contribution in [-0.2, 0) is 11.0 Å². The van der Waals surface area contributed by atoms with E-state index in [0.717, 1.165) is 50.7 Å². The average Bonchev–Trinajstić information content (AvgIpc) is 3.47. The van der Waals surface area contributed by atoms with E-state index in [-0.39, 0.29) is 11.0 Å². The van der Waals surface area contributed by atoms with E-state index in [1.807, 2.05) is 6.92 Å². The van der Waals surface area contributed by atoms with Crippen molar-refractivity contribution in [1.29, 1.82) is 0 Å². The number of alkyl halides is 3. The Balaban J connectivity index is 1.67. The highest BCUT2D eigenvalue weighted by Crippen LogP contribution is 2.45. The lowest BCUT2D eigenvalue weighted by Gasteiger charge is -2.25. The van der Waals surface area contributed by atoms with Gasteiger partial charge >= 0.3 is 12.1 Å². The number of rotatable bonds is 7. The molecule has 0 N–H and O–H groups in total. The number of hydrogen-bond donors (Lipinski definition) is 0. The van der Waals surface area contributed by atoms with Crippen LogP contribution in [0.25, 0.3) is 11.1 Å². The summed E-state index contributed by atoms with van der Waals surface area (Å²) in [6.45, 7) is 2.49. The Morgan fingerprint density at radius 3 is 2.34 bits per heavy atom. The molecule has 0 unspecified atom stereocenters. The zero-order valence-corrected chi connectivity index (χ0v) is 18.7. The number of esters is 1. The minimum absolute atomic E-state index is 0.272. The molecule has 4 rings (SSSR count). The van der Waals surface area contributed by atoms with Crippen molar-refractivity contribution in [3.05, 3.63) is 47.0 Å². The molecular formula is C25H26ClF3O3. The van der Waals surface area contributed by atoms with Gasteiger partial charge < -0.3 is 9.47 Å². The van der Waals surface area contributed by atoms with Crippen molar-refractivity contribution in [2.24, 2.45) is 11.3 Å². The molecule has 0 radical (unpaired) electrons. The maximum absolute atomic E-state index is 13.0. The Morgan fingerprint density at radius 2 is 1.78 bits per heavy atom. The van der Waals surface area contributed by atoms with Crippen LogP contribution in [0.15, 0.2) is 36.4 Å². The molecule has 0 atom stereocenters. The Labute approximate surface area is 190 Å². The highest BCUT2D eigenvalue weighted by Gasteiger charge is 2.41. The predicted molar refractivity (Wildman–Crippen MR) is 117 cm³/mol. The summed E-state index contributed by atoms with van der Waals surface area (Å²) < 4.78 is 50.6. The highest BCUT2D eigenvalue weighted by atomic mass is 35.5. The molecule has 2 aromatic rings. The average molecular weight is 467 g/mol. The molecule has 0 amide bonds. The van der Waals surface area contributed by atoms with E-state index >= 15 is 0 Å². The van der Waals surface area contributed by atoms with Crippen LogP contribution in [-0.4, -0.2) is 12.6 Å². The van der Waals surface area contributed by atoms with Crippen LogP contribution in [0.5, 0.6) is 11.5 Å². The van der Waals surface area contributed by atoms with Crippen LogP contribution in [0.1, 0.15) is 57.4 Å². The Hall–Kier alpha value is -2.21. The molecule has 2 saturated carbocycles. The van der Waals surface area contributed by atoms with E-state index in [0.29, 0.717) is 41.6 Å². The maximum Gasteiger partial charge on any atom is 0.416 e. The van der Waals surface area contributed by atoms with Crippen LogP contribution in [0.2, 0.25) is 5.02 Å². The molecule has 7 heteroatoms. The van der Waals surface area contributed by atoms with Gasteiger partial charge in [-0.25, -0.2) is 0 Å². The van der Waals surface area contributed by atoms with Crippen molar-refractivity contribution in [1.82, 2.24) is 0 Å². The topological polar surface area (TPSA) is 35.5 Å². The third-order valence-corrected chi connectivity index (χ3v) is 6.98. The molecule has 3 nitrogen and oxygen atoms in total. The van der Waals surface area contributed by atoms with Crippen molar-refractivity contribution in [3.63, 3.8) is 0 Å². The molecule has 0 aromatic heterocycles. The fraction of sp³-hybridized carbons (Fsp3) is 0.480. The third kappa shape index (κ3) is 4.90. The molecule has 0 saturated heterocycles. The van der Waals surface area contributed by atoms with Crippen molar-refractivity contribution < 1.29 is 27.4 Å². The molecule has 2 aliphatic rings. The second-order valence-corrected chi connectivity index (χ2v) is 9.22. The molecule has 2 aromatic carbocycles. The van der Waals surface area contributed by atoms with Crippen LogP contribution in [0, 0.1) is 11.3 Å². The fourth-order valence-corrected chi connectivity index (χ4v) is 4.52.